The number of methoxy groups -OCH3 is 1. The van der Waals surface area contributed by atoms with Crippen LogP contribution in [0.4, 0.5) is 5.69 Å². The Hall–Kier alpha value is -1.82. The maximum atomic E-state index is 11.8. The lowest BCUT2D eigenvalue weighted by Gasteiger charge is -2.09. The van der Waals surface area contributed by atoms with Crippen molar-refractivity contribution in [3.8, 4) is 5.75 Å². The SMILES string of the molecule is COc1cc([N+](=O)[O-])ccc1C(=O)NCC(C)Cl. The number of halogens is 1. The van der Waals surface area contributed by atoms with Gasteiger partial charge in [0.25, 0.3) is 11.6 Å². The molecule has 0 aliphatic carbocycles. The van der Waals surface area contributed by atoms with Crippen molar-refractivity contribution in [3.63, 3.8) is 0 Å². The smallest absolute Gasteiger partial charge is 0.273 e. The lowest BCUT2D eigenvalue weighted by molar-refractivity contribution is -0.384. The quantitative estimate of drug-likeness (QED) is 0.505. The van der Waals surface area contributed by atoms with Crippen molar-refractivity contribution < 1.29 is 14.5 Å². The molecule has 0 spiro atoms. The summed E-state index contributed by atoms with van der Waals surface area (Å²) in [7, 11) is 1.35. The number of hydrogen-bond donors (Lipinski definition) is 1. The van der Waals surface area contributed by atoms with Gasteiger partial charge in [0, 0.05) is 18.0 Å². The second kappa shape index (κ2) is 6.20. The Bertz CT molecular complexity index is 462. The highest BCUT2D eigenvalue weighted by Gasteiger charge is 2.16. The predicted octanol–water partition coefficient (Wildman–Crippen LogP) is 1.96. The molecule has 7 heteroatoms. The fourth-order valence-corrected chi connectivity index (χ4v) is 1.39. The molecule has 1 amide bonds. The van der Waals surface area contributed by atoms with Crippen LogP contribution in [0.2, 0.25) is 0 Å². The molecule has 1 rings (SSSR count). The van der Waals surface area contributed by atoms with E-state index in [9.17, 15) is 14.9 Å². The van der Waals surface area contributed by atoms with E-state index in [1.165, 1.54) is 25.3 Å². The second-order valence-corrected chi connectivity index (χ2v) is 4.38. The zero-order valence-electron chi connectivity index (χ0n) is 9.97. The van der Waals surface area contributed by atoms with E-state index >= 15 is 0 Å². The minimum atomic E-state index is -0.551. The Balaban J connectivity index is 2.95. The molecule has 18 heavy (non-hydrogen) atoms. The number of hydrogen-bond acceptors (Lipinski definition) is 4. The van der Waals surface area contributed by atoms with E-state index in [4.69, 9.17) is 16.3 Å². The molecule has 1 N–H and O–H groups in total. The van der Waals surface area contributed by atoms with Gasteiger partial charge in [-0.1, -0.05) is 0 Å². The first-order valence-corrected chi connectivity index (χ1v) is 5.64. The molecule has 1 unspecified atom stereocenters. The lowest BCUT2D eigenvalue weighted by atomic mass is 10.1. The van der Waals surface area contributed by atoms with E-state index in [1.807, 2.05) is 0 Å². The third-order valence-electron chi connectivity index (χ3n) is 2.18. The first-order valence-electron chi connectivity index (χ1n) is 5.20. The van der Waals surface area contributed by atoms with Crippen LogP contribution in [0.5, 0.6) is 5.75 Å². The number of carbonyl (C=O) groups is 1. The van der Waals surface area contributed by atoms with Gasteiger partial charge in [0.2, 0.25) is 0 Å². The highest BCUT2D eigenvalue weighted by atomic mass is 35.5. The van der Waals surface area contributed by atoms with Crippen molar-refractivity contribution in [2.45, 2.75) is 12.3 Å². The number of non-ortho nitro benzene ring substituents is 1. The van der Waals surface area contributed by atoms with Crippen molar-refractivity contribution >= 4 is 23.2 Å². The summed E-state index contributed by atoms with van der Waals surface area (Å²) >= 11 is 5.71. The van der Waals surface area contributed by atoms with Gasteiger partial charge < -0.3 is 10.1 Å². The molecule has 0 bridgehead atoms. The predicted molar refractivity (Wildman–Crippen MR) is 67.3 cm³/mol. The number of alkyl halides is 1. The normalized spacial score (nSPS) is 11.7. The zero-order chi connectivity index (χ0) is 13.7. The fraction of sp³-hybridized carbons (Fsp3) is 0.364. The molecule has 0 aliphatic rings. The molecule has 0 saturated carbocycles. The monoisotopic (exact) mass is 272 g/mol. The summed E-state index contributed by atoms with van der Waals surface area (Å²) in [6, 6.07) is 3.81. The van der Waals surface area contributed by atoms with Crippen LogP contribution < -0.4 is 10.1 Å². The Morgan fingerprint density at radius 1 is 1.61 bits per heavy atom. The summed E-state index contributed by atoms with van der Waals surface area (Å²) in [6.45, 7) is 2.05. The van der Waals surface area contributed by atoms with Crippen LogP contribution in [-0.4, -0.2) is 29.9 Å². The van der Waals surface area contributed by atoms with Crippen molar-refractivity contribution in [3.05, 3.63) is 33.9 Å². The summed E-state index contributed by atoms with van der Waals surface area (Å²) in [5.74, 6) is -0.224. The maximum absolute atomic E-state index is 11.8. The summed E-state index contributed by atoms with van der Waals surface area (Å²) < 4.78 is 4.97. The molecule has 1 aromatic rings. The zero-order valence-corrected chi connectivity index (χ0v) is 10.7. The Morgan fingerprint density at radius 2 is 2.28 bits per heavy atom. The molecule has 98 valence electrons. The molecule has 0 radical (unpaired) electrons. The minimum absolute atomic E-state index is 0.130. The van der Waals surface area contributed by atoms with E-state index < -0.39 is 4.92 Å². The van der Waals surface area contributed by atoms with Gasteiger partial charge in [0.05, 0.1) is 23.7 Å². The second-order valence-electron chi connectivity index (χ2n) is 3.63. The third-order valence-corrected chi connectivity index (χ3v) is 2.34. The molecule has 0 aliphatic heterocycles. The van der Waals surface area contributed by atoms with Crippen LogP contribution in [-0.2, 0) is 0 Å². The lowest BCUT2D eigenvalue weighted by Crippen LogP contribution is -2.28. The topological polar surface area (TPSA) is 81.5 Å². The minimum Gasteiger partial charge on any atom is -0.496 e. The van der Waals surface area contributed by atoms with Crippen LogP contribution in [0.1, 0.15) is 17.3 Å². The number of nitrogens with one attached hydrogen (secondary N) is 1. The van der Waals surface area contributed by atoms with E-state index in [2.05, 4.69) is 5.32 Å². The van der Waals surface area contributed by atoms with Crippen LogP contribution in [0.15, 0.2) is 18.2 Å². The number of benzene rings is 1. The van der Waals surface area contributed by atoms with Gasteiger partial charge in [-0.15, -0.1) is 11.6 Å². The fourth-order valence-electron chi connectivity index (χ4n) is 1.31. The average Bonchev–Trinajstić information content (AvgIpc) is 2.34. The highest BCUT2D eigenvalue weighted by Crippen LogP contribution is 2.24. The molecule has 0 fully saturated rings. The van der Waals surface area contributed by atoms with E-state index in [1.54, 1.807) is 6.92 Å². The third kappa shape index (κ3) is 3.59. The van der Waals surface area contributed by atoms with Gasteiger partial charge in [-0.25, -0.2) is 0 Å². The van der Waals surface area contributed by atoms with Crippen molar-refractivity contribution in [1.82, 2.24) is 5.32 Å². The highest BCUT2D eigenvalue weighted by molar-refractivity contribution is 6.20. The molecular weight excluding hydrogens is 260 g/mol. The molecule has 0 aromatic heterocycles. The average molecular weight is 273 g/mol. The van der Waals surface area contributed by atoms with Crippen molar-refractivity contribution in [2.75, 3.05) is 13.7 Å². The summed E-state index contributed by atoms with van der Waals surface area (Å²) in [5.41, 5.74) is 0.106. The number of ether oxygens (including phenoxy) is 1. The first-order chi connectivity index (χ1) is 8.45. The van der Waals surface area contributed by atoms with Gasteiger partial charge in [-0.3, -0.25) is 14.9 Å². The van der Waals surface area contributed by atoms with Gasteiger partial charge in [0.15, 0.2) is 0 Å². The molecule has 6 nitrogen and oxygen atoms in total. The number of nitro groups is 1. The summed E-state index contributed by atoms with van der Waals surface area (Å²) in [4.78, 5) is 21.8. The number of nitrogens with zero attached hydrogens (tertiary/aromatic N) is 1. The molecule has 1 atom stereocenters. The Kier molecular flexibility index (Phi) is 4.91. The molecular formula is C11H13ClN2O4. The van der Waals surface area contributed by atoms with E-state index in [0.717, 1.165) is 0 Å². The number of nitro benzene ring substituents is 1. The van der Waals surface area contributed by atoms with Gasteiger partial charge in [-0.2, -0.15) is 0 Å². The van der Waals surface area contributed by atoms with Gasteiger partial charge in [0.1, 0.15) is 5.75 Å². The van der Waals surface area contributed by atoms with Crippen LogP contribution in [0.3, 0.4) is 0 Å². The van der Waals surface area contributed by atoms with Crippen molar-refractivity contribution in [2.24, 2.45) is 0 Å². The molecule has 0 heterocycles. The van der Waals surface area contributed by atoms with Gasteiger partial charge in [-0.05, 0) is 13.0 Å². The summed E-state index contributed by atoms with van der Waals surface area (Å²) in [5, 5.41) is 13.0. The molecule has 1 aromatic carbocycles. The number of carbonyl (C=O) groups excluding carboxylic acids is 1. The first kappa shape index (κ1) is 14.2. The maximum Gasteiger partial charge on any atom is 0.273 e. The van der Waals surface area contributed by atoms with E-state index in [-0.39, 0.29) is 28.3 Å². The van der Waals surface area contributed by atoms with Crippen LogP contribution in [0, 0.1) is 10.1 Å². The largest absolute Gasteiger partial charge is 0.496 e. The van der Waals surface area contributed by atoms with E-state index in [0.29, 0.717) is 6.54 Å². The summed E-state index contributed by atoms with van der Waals surface area (Å²) in [6.07, 6.45) is 0. The van der Waals surface area contributed by atoms with Crippen molar-refractivity contribution in [1.29, 1.82) is 0 Å². The van der Waals surface area contributed by atoms with Crippen LogP contribution >= 0.6 is 11.6 Å². The van der Waals surface area contributed by atoms with Crippen LogP contribution in [0.25, 0.3) is 0 Å². The molecule has 0 saturated heterocycles. The Labute approximate surface area is 109 Å². The standard InChI is InChI=1S/C11H13ClN2O4/c1-7(12)6-13-11(15)9-4-3-8(14(16)17)5-10(9)18-2/h3-5,7H,6H2,1-2H3,(H,13,15). The number of rotatable bonds is 5. The number of amides is 1. The Morgan fingerprint density at radius 3 is 2.78 bits per heavy atom. The van der Waals surface area contributed by atoms with Gasteiger partial charge >= 0.3 is 0 Å².